The predicted molar refractivity (Wildman–Crippen MR) is 24.1 cm³/mol. The Balaban J connectivity index is -0.0000000184. The monoisotopic (exact) mass is 252 g/mol. The first-order valence-electron chi connectivity index (χ1n) is 1.90. The SMILES string of the molecule is O=C([O-])O.O=C([O-])O.O=C([O-])O.[Na+].[Na+].[Na+]. The van der Waals surface area contributed by atoms with Gasteiger partial charge < -0.3 is 45.0 Å². The molecule has 0 aromatic heterocycles. The minimum absolute atomic E-state index is 0. The van der Waals surface area contributed by atoms with Crippen LogP contribution in [0.5, 0.6) is 0 Å². The van der Waals surface area contributed by atoms with Crippen LogP contribution in [0.3, 0.4) is 0 Å². The fourth-order valence-corrected chi connectivity index (χ4v) is 0. The van der Waals surface area contributed by atoms with E-state index in [-0.39, 0.29) is 88.7 Å². The molecule has 0 unspecified atom stereocenters. The van der Waals surface area contributed by atoms with Crippen LogP contribution in [0.4, 0.5) is 14.4 Å². The van der Waals surface area contributed by atoms with Crippen LogP contribution < -0.4 is 104 Å². The molecule has 0 radical (unpaired) electrons. The van der Waals surface area contributed by atoms with Gasteiger partial charge in [0.15, 0.2) is 0 Å². The second-order valence-corrected chi connectivity index (χ2v) is 0.798. The van der Waals surface area contributed by atoms with Crippen LogP contribution in [0.2, 0.25) is 0 Å². The van der Waals surface area contributed by atoms with Crippen molar-refractivity contribution in [3.63, 3.8) is 0 Å². The summed E-state index contributed by atoms with van der Waals surface area (Å²) in [4.78, 5) is 25.3. The quantitative estimate of drug-likeness (QED) is 0.352. The molecule has 15 heavy (non-hydrogen) atoms. The van der Waals surface area contributed by atoms with Crippen molar-refractivity contribution in [3.05, 3.63) is 0 Å². The second-order valence-electron chi connectivity index (χ2n) is 0.798. The van der Waals surface area contributed by atoms with Gasteiger partial charge in [0.05, 0.1) is 0 Å². The van der Waals surface area contributed by atoms with Crippen LogP contribution in [0.25, 0.3) is 0 Å². The molecule has 0 aliphatic carbocycles. The van der Waals surface area contributed by atoms with Crippen molar-refractivity contribution in [3.8, 4) is 0 Å². The van der Waals surface area contributed by atoms with Crippen molar-refractivity contribution < 1.29 is 134 Å². The van der Waals surface area contributed by atoms with Crippen molar-refractivity contribution in [2.75, 3.05) is 0 Å². The van der Waals surface area contributed by atoms with Gasteiger partial charge >= 0.3 is 88.7 Å². The smallest absolute Gasteiger partial charge is 0.565 e. The van der Waals surface area contributed by atoms with Gasteiger partial charge in [-0.1, -0.05) is 0 Å². The van der Waals surface area contributed by atoms with Crippen molar-refractivity contribution in [1.82, 2.24) is 0 Å². The maximum Gasteiger partial charge on any atom is 1.00 e. The summed E-state index contributed by atoms with van der Waals surface area (Å²) in [5.74, 6) is 0. The minimum atomic E-state index is -2.08. The third kappa shape index (κ3) is 3700. The van der Waals surface area contributed by atoms with Gasteiger partial charge in [0.2, 0.25) is 18.5 Å². The number of hydrogen-bond acceptors (Lipinski definition) is 6. The summed E-state index contributed by atoms with van der Waals surface area (Å²) >= 11 is 0. The molecule has 3 N–H and O–H groups in total. The van der Waals surface area contributed by atoms with Crippen LogP contribution in [0.15, 0.2) is 0 Å². The average Bonchev–Trinajstić information content (AvgIpc) is 1.54. The molecule has 9 nitrogen and oxygen atoms in total. The summed E-state index contributed by atoms with van der Waals surface area (Å²) in [6.45, 7) is 0. The molecule has 0 amide bonds. The zero-order chi connectivity index (χ0) is 10.7. The first-order chi connectivity index (χ1) is 5.20. The first-order valence-corrected chi connectivity index (χ1v) is 1.90. The molecule has 0 heterocycles. The number of hydrogen-bond donors (Lipinski definition) is 3. The van der Waals surface area contributed by atoms with E-state index >= 15 is 0 Å². The van der Waals surface area contributed by atoms with E-state index < -0.39 is 18.5 Å². The molecule has 72 valence electrons. The van der Waals surface area contributed by atoms with E-state index in [0.717, 1.165) is 0 Å². The normalized spacial score (nSPS) is 4.80. The molecule has 0 bridgehead atoms. The average molecular weight is 252 g/mol. The third-order valence-electron chi connectivity index (χ3n) is 0. The molecule has 0 rings (SSSR count). The standard InChI is InChI=1S/3CH2O3.3Na/c3*2-1(3)4;;;/h3*(H2,2,3,4);;;/q;;;3*+1/p-3. The van der Waals surface area contributed by atoms with E-state index in [2.05, 4.69) is 0 Å². The third-order valence-corrected chi connectivity index (χ3v) is 0. The number of carbonyl (C=O) groups is 3. The van der Waals surface area contributed by atoms with Crippen LogP contribution >= 0.6 is 0 Å². The molecule has 0 saturated carbocycles. The maximum atomic E-state index is 8.44. The largest absolute Gasteiger partial charge is 1.00 e. The van der Waals surface area contributed by atoms with Crippen LogP contribution in [0.1, 0.15) is 0 Å². The fourth-order valence-electron chi connectivity index (χ4n) is 0. The van der Waals surface area contributed by atoms with Gasteiger partial charge in [-0.3, -0.25) is 0 Å². The summed E-state index contributed by atoms with van der Waals surface area (Å²) in [5, 5.41) is 45.9. The molecular formula is C3H3Na3O9. The summed E-state index contributed by atoms with van der Waals surface area (Å²) < 4.78 is 0. The zero-order valence-corrected chi connectivity index (χ0v) is 14.3. The summed E-state index contributed by atoms with van der Waals surface area (Å²) in [6.07, 6.45) is -6.25. The van der Waals surface area contributed by atoms with Crippen molar-refractivity contribution >= 4 is 18.5 Å². The molecule has 0 aliphatic heterocycles. The first kappa shape index (κ1) is 36.0. The van der Waals surface area contributed by atoms with E-state index in [4.69, 9.17) is 45.0 Å². The van der Waals surface area contributed by atoms with Crippen LogP contribution in [-0.4, -0.2) is 33.8 Å². The Bertz CT molecular complexity index is 118. The molecule has 0 aliphatic rings. The van der Waals surface area contributed by atoms with Crippen molar-refractivity contribution in [2.45, 2.75) is 0 Å². The Labute approximate surface area is 150 Å². The van der Waals surface area contributed by atoms with Crippen molar-refractivity contribution in [1.29, 1.82) is 0 Å². The fraction of sp³-hybridized carbons (Fsp3) is 0. The molecule has 0 spiro atoms. The molecular weight excluding hydrogens is 249 g/mol. The number of rotatable bonds is 0. The maximum absolute atomic E-state index is 8.44. The minimum Gasteiger partial charge on any atom is -0.565 e. The van der Waals surface area contributed by atoms with Gasteiger partial charge in [-0.15, -0.1) is 0 Å². The van der Waals surface area contributed by atoms with Gasteiger partial charge in [0.25, 0.3) is 0 Å². The van der Waals surface area contributed by atoms with Gasteiger partial charge in [0, 0.05) is 0 Å². The van der Waals surface area contributed by atoms with E-state index in [0.29, 0.717) is 0 Å². The van der Waals surface area contributed by atoms with E-state index in [1.807, 2.05) is 0 Å². The molecule has 0 aromatic rings. The van der Waals surface area contributed by atoms with Gasteiger partial charge in [-0.25, -0.2) is 0 Å². The summed E-state index contributed by atoms with van der Waals surface area (Å²) in [5.41, 5.74) is 0. The Morgan fingerprint density at radius 1 is 0.600 bits per heavy atom. The Hall–Kier alpha value is 0.810. The Morgan fingerprint density at radius 2 is 0.600 bits per heavy atom. The van der Waals surface area contributed by atoms with Gasteiger partial charge in [-0.2, -0.15) is 0 Å². The molecule has 0 atom stereocenters. The number of carboxylic acid groups (broad SMARTS) is 6. The molecule has 0 saturated heterocycles. The summed E-state index contributed by atoms with van der Waals surface area (Å²) in [6, 6.07) is 0. The molecule has 0 fully saturated rings. The topological polar surface area (TPSA) is 181 Å². The van der Waals surface area contributed by atoms with Gasteiger partial charge in [0.1, 0.15) is 0 Å². The predicted octanol–water partition coefficient (Wildman–Crippen LogP) is -12.3. The zero-order valence-electron chi connectivity index (χ0n) is 8.29. The van der Waals surface area contributed by atoms with Crippen LogP contribution in [0, 0.1) is 0 Å². The molecule has 12 heteroatoms. The van der Waals surface area contributed by atoms with E-state index in [1.54, 1.807) is 0 Å². The van der Waals surface area contributed by atoms with E-state index in [9.17, 15) is 0 Å². The Morgan fingerprint density at radius 3 is 0.600 bits per heavy atom. The summed E-state index contributed by atoms with van der Waals surface area (Å²) in [7, 11) is 0. The van der Waals surface area contributed by atoms with Crippen molar-refractivity contribution in [2.24, 2.45) is 0 Å². The molecule has 0 aromatic carbocycles. The van der Waals surface area contributed by atoms with E-state index in [1.165, 1.54) is 0 Å². The van der Waals surface area contributed by atoms with Crippen LogP contribution in [-0.2, 0) is 0 Å². The second kappa shape index (κ2) is 29.3. The Kier molecular flexibility index (Phi) is 70.5. The van der Waals surface area contributed by atoms with Gasteiger partial charge in [-0.05, 0) is 0 Å².